The highest BCUT2D eigenvalue weighted by Gasteiger charge is 2.65. The molecule has 1 aliphatic carbocycles. The third-order valence-corrected chi connectivity index (χ3v) is 5.36. The van der Waals surface area contributed by atoms with Gasteiger partial charge in [0.1, 0.15) is 0 Å². The zero-order chi connectivity index (χ0) is 12.8. The summed E-state index contributed by atoms with van der Waals surface area (Å²) >= 11 is 0. The number of nitrogens with zero attached hydrogens (tertiary/aromatic N) is 1. The minimum atomic E-state index is 0.139. The van der Waals surface area contributed by atoms with E-state index in [9.17, 15) is 4.79 Å². The number of nitrogens with one attached hydrogen (secondary N) is 1. The van der Waals surface area contributed by atoms with Gasteiger partial charge in [-0.25, -0.2) is 4.79 Å². The topological polar surface area (TPSA) is 32.3 Å². The normalized spacial score (nSPS) is 27.9. The number of carbonyl (C=O) groups excluding carboxylic acids is 1. The van der Waals surface area contributed by atoms with Crippen LogP contribution < -0.4 is 5.32 Å². The molecule has 0 aromatic rings. The smallest absolute Gasteiger partial charge is 0.317 e. The maximum Gasteiger partial charge on any atom is 0.317 e. The molecule has 1 heterocycles. The lowest BCUT2D eigenvalue weighted by atomic mass is 10.00. The summed E-state index contributed by atoms with van der Waals surface area (Å²) in [6, 6.07) is 0.461. The molecule has 0 aromatic heterocycles. The van der Waals surface area contributed by atoms with E-state index in [-0.39, 0.29) is 16.9 Å². The largest absolute Gasteiger partial charge is 0.334 e. The van der Waals surface area contributed by atoms with Gasteiger partial charge in [-0.3, -0.25) is 0 Å². The van der Waals surface area contributed by atoms with Gasteiger partial charge in [0.15, 0.2) is 0 Å². The fraction of sp³-hybridized carbons (Fsp3) is 0.929. The van der Waals surface area contributed by atoms with Crippen LogP contribution >= 0.6 is 0 Å². The van der Waals surface area contributed by atoms with E-state index in [0.717, 1.165) is 31.8 Å². The van der Waals surface area contributed by atoms with Gasteiger partial charge in [0, 0.05) is 19.1 Å². The van der Waals surface area contributed by atoms with Crippen molar-refractivity contribution in [2.45, 2.75) is 53.5 Å². The SMILES string of the molecule is CC1CCN(C(=O)NC2C(C)(C)C2(C)C)CC1. The lowest BCUT2D eigenvalue weighted by Gasteiger charge is -2.30. The summed E-state index contributed by atoms with van der Waals surface area (Å²) in [5.74, 6) is 0.771. The molecular formula is C14H26N2O. The second kappa shape index (κ2) is 3.89. The quantitative estimate of drug-likeness (QED) is 0.748. The van der Waals surface area contributed by atoms with Crippen LogP contribution in [0.4, 0.5) is 4.79 Å². The molecule has 0 atom stereocenters. The molecule has 0 unspecified atom stereocenters. The maximum atomic E-state index is 12.1. The standard InChI is InChI=1S/C14H26N2O/c1-10-6-8-16(9-7-10)12(17)15-11-13(2,3)14(11,4)5/h10-11H,6-9H2,1-5H3,(H,15,17). The Hall–Kier alpha value is -0.730. The van der Waals surface area contributed by atoms with Crippen LogP contribution in [-0.4, -0.2) is 30.1 Å². The second-order valence-electron chi connectivity index (χ2n) is 7.00. The van der Waals surface area contributed by atoms with Crippen molar-refractivity contribution in [2.24, 2.45) is 16.7 Å². The number of hydrogen-bond donors (Lipinski definition) is 1. The zero-order valence-electron chi connectivity index (χ0n) is 11.8. The predicted molar refractivity (Wildman–Crippen MR) is 69.9 cm³/mol. The Morgan fingerprint density at radius 3 is 2.00 bits per heavy atom. The molecule has 17 heavy (non-hydrogen) atoms. The van der Waals surface area contributed by atoms with Crippen molar-refractivity contribution in [3.05, 3.63) is 0 Å². The summed E-state index contributed by atoms with van der Waals surface area (Å²) in [5.41, 5.74) is 0.456. The second-order valence-corrected chi connectivity index (χ2v) is 7.00. The van der Waals surface area contributed by atoms with Crippen LogP contribution in [0.15, 0.2) is 0 Å². The molecule has 1 N–H and O–H groups in total. The molecule has 0 bridgehead atoms. The van der Waals surface area contributed by atoms with Crippen molar-refractivity contribution in [3.63, 3.8) is 0 Å². The summed E-state index contributed by atoms with van der Waals surface area (Å²) in [6.07, 6.45) is 2.29. The number of rotatable bonds is 1. The zero-order valence-corrected chi connectivity index (χ0v) is 11.8. The van der Waals surface area contributed by atoms with E-state index in [1.165, 1.54) is 0 Å². The van der Waals surface area contributed by atoms with Crippen LogP contribution in [-0.2, 0) is 0 Å². The fourth-order valence-corrected chi connectivity index (χ4v) is 2.98. The van der Waals surface area contributed by atoms with Crippen LogP contribution in [0.1, 0.15) is 47.5 Å². The molecule has 0 radical (unpaired) electrons. The van der Waals surface area contributed by atoms with E-state index in [1.807, 2.05) is 4.90 Å². The van der Waals surface area contributed by atoms with E-state index in [2.05, 4.69) is 39.9 Å². The number of hydrogen-bond acceptors (Lipinski definition) is 1. The van der Waals surface area contributed by atoms with Crippen LogP contribution in [0.5, 0.6) is 0 Å². The van der Waals surface area contributed by atoms with Crippen LogP contribution in [0.25, 0.3) is 0 Å². The number of carbonyl (C=O) groups is 1. The van der Waals surface area contributed by atoms with E-state index in [4.69, 9.17) is 0 Å². The van der Waals surface area contributed by atoms with E-state index in [0.29, 0.717) is 6.04 Å². The van der Waals surface area contributed by atoms with Gasteiger partial charge in [-0.15, -0.1) is 0 Å². The van der Waals surface area contributed by atoms with E-state index >= 15 is 0 Å². The number of piperidine rings is 1. The first-order chi connectivity index (χ1) is 7.76. The first-order valence-electron chi connectivity index (χ1n) is 6.82. The predicted octanol–water partition coefficient (Wildman–Crippen LogP) is 2.86. The molecule has 2 fully saturated rings. The van der Waals surface area contributed by atoms with Crippen LogP contribution in [0.3, 0.4) is 0 Å². The Kier molecular flexibility index (Phi) is 2.91. The van der Waals surface area contributed by atoms with Crippen molar-refractivity contribution >= 4 is 6.03 Å². The van der Waals surface area contributed by atoms with Gasteiger partial charge in [0.25, 0.3) is 0 Å². The Morgan fingerprint density at radius 1 is 1.12 bits per heavy atom. The molecule has 0 spiro atoms. The number of likely N-dealkylation sites (tertiary alicyclic amines) is 1. The minimum Gasteiger partial charge on any atom is -0.334 e. The van der Waals surface area contributed by atoms with Gasteiger partial charge >= 0.3 is 6.03 Å². The summed E-state index contributed by atoms with van der Waals surface area (Å²) < 4.78 is 0. The Bertz CT molecular complexity index is 300. The molecule has 2 amide bonds. The summed E-state index contributed by atoms with van der Waals surface area (Å²) in [6.45, 7) is 13.0. The molecular weight excluding hydrogens is 212 g/mol. The maximum absolute atomic E-state index is 12.1. The molecule has 1 aliphatic heterocycles. The van der Waals surface area contributed by atoms with Crippen molar-refractivity contribution in [1.29, 1.82) is 0 Å². The van der Waals surface area contributed by atoms with Crippen molar-refractivity contribution < 1.29 is 4.79 Å². The average Bonchev–Trinajstić information content (AvgIpc) is 2.62. The summed E-state index contributed by atoms with van der Waals surface area (Å²) in [7, 11) is 0. The molecule has 0 aromatic carbocycles. The summed E-state index contributed by atoms with van der Waals surface area (Å²) in [5, 5.41) is 3.21. The van der Waals surface area contributed by atoms with Crippen molar-refractivity contribution in [2.75, 3.05) is 13.1 Å². The first kappa shape index (κ1) is 12.7. The van der Waals surface area contributed by atoms with Crippen LogP contribution in [0, 0.1) is 16.7 Å². The molecule has 98 valence electrons. The fourth-order valence-electron chi connectivity index (χ4n) is 2.98. The molecule has 3 heteroatoms. The number of urea groups is 1. The van der Waals surface area contributed by atoms with Gasteiger partial charge < -0.3 is 10.2 Å². The lowest BCUT2D eigenvalue weighted by Crippen LogP contribution is -2.46. The first-order valence-corrected chi connectivity index (χ1v) is 6.82. The van der Waals surface area contributed by atoms with E-state index < -0.39 is 0 Å². The van der Waals surface area contributed by atoms with Crippen molar-refractivity contribution in [1.82, 2.24) is 10.2 Å². The Morgan fingerprint density at radius 2 is 1.59 bits per heavy atom. The lowest BCUT2D eigenvalue weighted by molar-refractivity contribution is 0.172. The molecule has 3 nitrogen and oxygen atoms in total. The Labute approximate surface area is 105 Å². The van der Waals surface area contributed by atoms with Gasteiger partial charge in [0.05, 0.1) is 0 Å². The molecule has 2 aliphatic rings. The minimum absolute atomic E-state index is 0.139. The molecule has 1 saturated carbocycles. The highest BCUT2D eigenvalue weighted by atomic mass is 16.2. The van der Waals surface area contributed by atoms with Gasteiger partial charge in [-0.05, 0) is 29.6 Å². The third-order valence-electron chi connectivity index (χ3n) is 5.36. The average molecular weight is 238 g/mol. The third kappa shape index (κ3) is 2.04. The van der Waals surface area contributed by atoms with Crippen molar-refractivity contribution in [3.8, 4) is 0 Å². The molecule has 2 rings (SSSR count). The monoisotopic (exact) mass is 238 g/mol. The van der Waals surface area contributed by atoms with Gasteiger partial charge in [0.2, 0.25) is 0 Å². The molecule has 1 saturated heterocycles. The van der Waals surface area contributed by atoms with Gasteiger partial charge in [-0.2, -0.15) is 0 Å². The van der Waals surface area contributed by atoms with Gasteiger partial charge in [-0.1, -0.05) is 34.6 Å². The van der Waals surface area contributed by atoms with E-state index in [1.54, 1.807) is 0 Å². The highest BCUT2D eigenvalue weighted by Crippen LogP contribution is 2.62. The Balaban J connectivity index is 1.87. The highest BCUT2D eigenvalue weighted by molar-refractivity contribution is 5.75. The number of amides is 2. The summed E-state index contributed by atoms with van der Waals surface area (Å²) in [4.78, 5) is 14.1. The van der Waals surface area contributed by atoms with Crippen LogP contribution in [0.2, 0.25) is 0 Å².